The van der Waals surface area contributed by atoms with Gasteiger partial charge in [0.05, 0.1) is 7.11 Å². The number of carbonyl (C=O) groups is 1. The number of benzene rings is 2. The molecule has 0 N–H and O–H groups in total. The molecule has 1 aliphatic rings. The lowest BCUT2D eigenvalue weighted by Crippen LogP contribution is -2.21. The van der Waals surface area contributed by atoms with Crippen molar-refractivity contribution < 1.29 is 14.1 Å². The molecule has 0 saturated carbocycles. The van der Waals surface area contributed by atoms with E-state index in [1.54, 1.807) is 12.1 Å². The summed E-state index contributed by atoms with van der Waals surface area (Å²) in [5.41, 5.74) is 2.87. The Morgan fingerprint density at radius 1 is 1.19 bits per heavy atom. The molecule has 5 nitrogen and oxygen atoms in total. The van der Waals surface area contributed by atoms with Gasteiger partial charge in [-0.15, -0.1) is 0 Å². The summed E-state index contributed by atoms with van der Waals surface area (Å²) in [5.74, 6) is 0.394. The van der Waals surface area contributed by atoms with E-state index in [0.29, 0.717) is 28.1 Å². The van der Waals surface area contributed by atoms with Crippen LogP contribution in [0.3, 0.4) is 0 Å². The average Bonchev–Trinajstić information content (AvgIpc) is 3.36. The third-order valence-corrected chi connectivity index (χ3v) is 5.18. The van der Waals surface area contributed by atoms with Gasteiger partial charge in [0, 0.05) is 29.6 Å². The van der Waals surface area contributed by atoms with Crippen molar-refractivity contribution in [1.82, 2.24) is 5.16 Å². The third-order valence-electron chi connectivity index (χ3n) is 4.93. The van der Waals surface area contributed by atoms with Gasteiger partial charge < -0.3 is 14.2 Å². The Kier molecular flexibility index (Phi) is 4.86. The minimum absolute atomic E-state index is 0.355. The van der Waals surface area contributed by atoms with E-state index < -0.39 is 5.97 Å². The van der Waals surface area contributed by atoms with Crippen LogP contribution in [0.25, 0.3) is 11.3 Å². The Balaban J connectivity index is 1.67. The Morgan fingerprint density at radius 2 is 1.93 bits per heavy atom. The van der Waals surface area contributed by atoms with Crippen LogP contribution in [0.1, 0.15) is 28.3 Å². The Morgan fingerprint density at radius 3 is 2.63 bits per heavy atom. The second-order valence-corrected chi connectivity index (χ2v) is 6.99. The largest absolute Gasteiger partial charge is 0.465 e. The summed E-state index contributed by atoms with van der Waals surface area (Å²) in [4.78, 5) is 14.6. The van der Waals surface area contributed by atoms with Crippen LogP contribution in [0.4, 0.5) is 5.88 Å². The lowest BCUT2D eigenvalue weighted by molar-refractivity contribution is 0.0601. The molecule has 6 heteroatoms. The number of halogens is 1. The summed E-state index contributed by atoms with van der Waals surface area (Å²) in [7, 11) is 1.36. The highest BCUT2D eigenvalue weighted by Crippen LogP contribution is 2.37. The molecular formula is C21H19ClN2O3. The minimum atomic E-state index is -0.459. The summed E-state index contributed by atoms with van der Waals surface area (Å²) < 4.78 is 10.6. The van der Waals surface area contributed by atoms with E-state index in [-0.39, 0.29) is 0 Å². The fourth-order valence-electron chi connectivity index (χ4n) is 3.53. The first kappa shape index (κ1) is 17.6. The average molecular weight is 383 g/mol. The molecule has 1 saturated heterocycles. The molecule has 2 aromatic carbocycles. The zero-order valence-electron chi connectivity index (χ0n) is 14.9. The number of rotatable bonds is 4. The van der Waals surface area contributed by atoms with Gasteiger partial charge in [-0.2, -0.15) is 0 Å². The molecule has 1 aromatic heterocycles. The van der Waals surface area contributed by atoms with Gasteiger partial charge in [0.15, 0.2) is 5.56 Å². The van der Waals surface area contributed by atoms with E-state index >= 15 is 0 Å². The van der Waals surface area contributed by atoms with Crippen LogP contribution >= 0.6 is 11.6 Å². The molecule has 1 fully saturated rings. The van der Waals surface area contributed by atoms with E-state index in [4.69, 9.17) is 20.9 Å². The smallest absolute Gasteiger partial charge is 0.345 e. The first-order valence-corrected chi connectivity index (χ1v) is 9.19. The van der Waals surface area contributed by atoms with Gasteiger partial charge >= 0.3 is 5.97 Å². The van der Waals surface area contributed by atoms with Gasteiger partial charge in [0.2, 0.25) is 5.88 Å². The zero-order valence-corrected chi connectivity index (χ0v) is 15.6. The lowest BCUT2D eigenvalue weighted by Gasteiger charge is -2.16. The SMILES string of the molecule is COC(=O)c1c(-c2ccc(Cl)cc2)noc1N1CC[C@H](c2ccccc2)C1. The van der Waals surface area contributed by atoms with Gasteiger partial charge in [0.1, 0.15) is 5.69 Å². The van der Waals surface area contributed by atoms with Crippen LogP contribution < -0.4 is 4.90 Å². The number of ether oxygens (including phenoxy) is 1. The number of hydrogen-bond donors (Lipinski definition) is 0. The first-order chi connectivity index (χ1) is 13.2. The van der Waals surface area contributed by atoms with Gasteiger partial charge in [-0.25, -0.2) is 4.79 Å². The fraction of sp³-hybridized carbons (Fsp3) is 0.238. The molecule has 138 valence electrons. The van der Waals surface area contributed by atoms with Crippen LogP contribution in [0.5, 0.6) is 0 Å². The quantitative estimate of drug-likeness (QED) is 0.608. The molecular weight excluding hydrogens is 364 g/mol. The molecule has 27 heavy (non-hydrogen) atoms. The second kappa shape index (κ2) is 7.45. The number of nitrogens with zero attached hydrogens (tertiary/aromatic N) is 2. The Labute approximate surface area is 162 Å². The minimum Gasteiger partial charge on any atom is -0.465 e. The van der Waals surface area contributed by atoms with Crippen LogP contribution in [-0.2, 0) is 4.74 Å². The standard InChI is InChI=1S/C21H19ClN2O3/c1-26-21(25)18-19(15-7-9-17(22)10-8-15)23-27-20(18)24-12-11-16(13-24)14-5-3-2-4-6-14/h2-10,16H,11-13H2,1H3/t16-/m0/s1. The molecule has 1 atom stereocenters. The molecule has 0 bridgehead atoms. The maximum absolute atomic E-state index is 12.5. The van der Waals surface area contributed by atoms with Crippen LogP contribution in [0.15, 0.2) is 59.1 Å². The predicted octanol–water partition coefficient (Wildman–Crippen LogP) is 4.78. The van der Waals surface area contributed by atoms with Crippen molar-refractivity contribution in [1.29, 1.82) is 0 Å². The highest BCUT2D eigenvalue weighted by atomic mass is 35.5. The Hall–Kier alpha value is -2.79. The summed E-state index contributed by atoms with van der Waals surface area (Å²) in [6, 6.07) is 17.5. The number of esters is 1. The molecule has 1 aliphatic heterocycles. The van der Waals surface area contributed by atoms with E-state index in [9.17, 15) is 4.79 Å². The van der Waals surface area contributed by atoms with Crippen molar-refractivity contribution in [3.05, 3.63) is 70.7 Å². The molecule has 4 rings (SSSR count). The van der Waals surface area contributed by atoms with Crippen molar-refractivity contribution in [2.24, 2.45) is 0 Å². The highest BCUT2D eigenvalue weighted by Gasteiger charge is 2.33. The van der Waals surface area contributed by atoms with Crippen molar-refractivity contribution >= 4 is 23.5 Å². The monoisotopic (exact) mass is 382 g/mol. The third kappa shape index (κ3) is 3.43. The topological polar surface area (TPSA) is 55.6 Å². The van der Waals surface area contributed by atoms with Crippen molar-refractivity contribution in [3.8, 4) is 11.3 Å². The van der Waals surface area contributed by atoms with Gasteiger partial charge in [0.25, 0.3) is 0 Å². The zero-order chi connectivity index (χ0) is 18.8. The molecule has 0 aliphatic carbocycles. The molecule has 0 amide bonds. The van der Waals surface area contributed by atoms with Crippen LogP contribution in [0, 0.1) is 0 Å². The maximum atomic E-state index is 12.5. The number of anilines is 1. The van der Waals surface area contributed by atoms with Crippen molar-refractivity contribution in [2.75, 3.05) is 25.1 Å². The predicted molar refractivity (Wildman–Crippen MR) is 104 cm³/mol. The number of carbonyl (C=O) groups excluding carboxylic acids is 1. The molecule has 3 aromatic rings. The lowest BCUT2D eigenvalue weighted by atomic mass is 9.99. The van der Waals surface area contributed by atoms with Gasteiger partial charge in [-0.1, -0.05) is 59.2 Å². The van der Waals surface area contributed by atoms with E-state index in [1.807, 2.05) is 30.3 Å². The molecule has 0 unspecified atom stereocenters. The number of aromatic nitrogens is 1. The van der Waals surface area contributed by atoms with Gasteiger partial charge in [-0.05, 0) is 24.1 Å². The normalized spacial score (nSPS) is 16.5. The highest BCUT2D eigenvalue weighted by molar-refractivity contribution is 6.30. The second-order valence-electron chi connectivity index (χ2n) is 6.55. The van der Waals surface area contributed by atoms with E-state index in [2.05, 4.69) is 22.2 Å². The summed E-state index contributed by atoms with van der Waals surface area (Å²) in [6.45, 7) is 1.56. The molecule has 0 radical (unpaired) electrons. The van der Waals surface area contributed by atoms with Gasteiger partial charge in [-0.3, -0.25) is 0 Å². The summed E-state index contributed by atoms with van der Waals surface area (Å²) in [6.07, 6.45) is 0.988. The number of hydrogen-bond acceptors (Lipinski definition) is 5. The van der Waals surface area contributed by atoms with Crippen molar-refractivity contribution in [2.45, 2.75) is 12.3 Å². The van der Waals surface area contributed by atoms with Crippen LogP contribution in [-0.4, -0.2) is 31.3 Å². The Bertz CT molecular complexity index is 938. The summed E-state index contributed by atoms with van der Waals surface area (Å²) in [5, 5.41) is 4.78. The van der Waals surface area contributed by atoms with Crippen molar-refractivity contribution in [3.63, 3.8) is 0 Å². The fourth-order valence-corrected chi connectivity index (χ4v) is 3.66. The van der Waals surface area contributed by atoms with E-state index in [1.165, 1.54) is 12.7 Å². The van der Waals surface area contributed by atoms with Crippen LogP contribution in [0.2, 0.25) is 5.02 Å². The summed E-state index contributed by atoms with van der Waals surface area (Å²) >= 11 is 5.97. The molecule has 0 spiro atoms. The molecule has 2 heterocycles. The first-order valence-electron chi connectivity index (χ1n) is 8.81. The number of methoxy groups -OCH3 is 1. The maximum Gasteiger partial charge on any atom is 0.345 e. The van der Waals surface area contributed by atoms with E-state index in [0.717, 1.165) is 25.1 Å².